The van der Waals surface area contributed by atoms with Crippen LogP contribution in [0, 0.1) is 10.1 Å². The summed E-state index contributed by atoms with van der Waals surface area (Å²) in [6.07, 6.45) is 1.71. The number of esters is 1. The fourth-order valence-electron chi connectivity index (χ4n) is 3.09. The Morgan fingerprint density at radius 3 is 2.21 bits per heavy atom. The Balaban J connectivity index is 1.44. The third kappa shape index (κ3) is 4.98. The SMILES string of the molecule is COc1ccc(N2C(=O)C(=Cc3ccc(OC(=O)c4ccc([N+](=O)[O-])cc4)cc3)SC2=S)cc1. The van der Waals surface area contributed by atoms with Crippen molar-refractivity contribution in [1.29, 1.82) is 0 Å². The molecule has 1 aliphatic rings. The maximum Gasteiger partial charge on any atom is 0.343 e. The van der Waals surface area contributed by atoms with E-state index in [0.29, 0.717) is 26.4 Å². The molecule has 4 rings (SSSR count). The molecule has 8 nitrogen and oxygen atoms in total. The number of carbonyl (C=O) groups excluding carboxylic acids is 2. The fraction of sp³-hybridized carbons (Fsp3) is 0.0417. The van der Waals surface area contributed by atoms with Gasteiger partial charge >= 0.3 is 5.97 Å². The zero-order chi connectivity index (χ0) is 24.2. The van der Waals surface area contributed by atoms with Crippen molar-refractivity contribution in [2.75, 3.05) is 12.0 Å². The lowest BCUT2D eigenvalue weighted by Gasteiger charge is -2.14. The summed E-state index contributed by atoms with van der Waals surface area (Å²) in [6.45, 7) is 0. The van der Waals surface area contributed by atoms with Gasteiger partial charge in [0.05, 0.1) is 28.2 Å². The van der Waals surface area contributed by atoms with Crippen molar-refractivity contribution >= 4 is 57.6 Å². The van der Waals surface area contributed by atoms with Crippen molar-refractivity contribution in [1.82, 2.24) is 0 Å². The van der Waals surface area contributed by atoms with E-state index in [1.165, 1.54) is 40.9 Å². The van der Waals surface area contributed by atoms with Gasteiger partial charge in [-0.15, -0.1) is 0 Å². The van der Waals surface area contributed by atoms with Crippen LogP contribution >= 0.6 is 24.0 Å². The Morgan fingerprint density at radius 1 is 1.00 bits per heavy atom. The molecule has 0 unspecified atom stereocenters. The first-order chi connectivity index (χ1) is 16.4. The van der Waals surface area contributed by atoms with Crippen LogP contribution in [0.2, 0.25) is 0 Å². The molecular weight excluding hydrogens is 476 g/mol. The fourth-order valence-corrected chi connectivity index (χ4v) is 4.39. The first-order valence-corrected chi connectivity index (χ1v) is 11.1. The molecule has 0 spiro atoms. The van der Waals surface area contributed by atoms with Gasteiger partial charge in [-0.25, -0.2) is 4.79 Å². The summed E-state index contributed by atoms with van der Waals surface area (Å²) in [5, 5.41) is 10.7. The molecule has 34 heavy (non-hydrogen) atoms. The number of rotatable bonds is 6. The van der Waals surface area contributed by atoms with Gasteiger partial charge in [0.15, 0.2) is 4.32 Å². The molecule has 1 aliphatic heterocycles. The van der Waals surface area contributed by atoms with Crippen LogP contribution in [0.15, 0.2) is 77.7 Å². The highest BCUT2D eigenvalue weighted by Gasteiger charge is 2.33. The molecule has 3 aromatic carbocycles. The normalized spacial score (nSPS) is 14.4. The van der Waals surface area contributed by atoms with Crippen LogP contribution in [0.3, 0.4) is 0 Å². The number of thioether (sulfide) groups is 1. The molecule has 1 saturated heterocycles. The van der Waals surface area contributed by atoms with Crippen LogP contribution in [-0.2, 0) is 4.79 Å². The van der Waals surface area contributed by atoms with E-state index < -0.39 is 10.9 Å². The summed E-state index contributed by atoms with van der Waals surface area (Å²) >= 11 is 6.59. The Hall–Kier alpha value is -4.02. The van der Waals surface area contributed by atoms with E-state index in [9.17, 15) is 19.7 Å². The number of hydrogen-bond donors (Lipinski definition) is 0. The number of hydrogen-bond acceptors (Lipinski definition) is 8. The van der Waals surface area contributed by atoms with Crippen molar-refractivity contribution in [2.24, 2.45) is 0 Å². The topological polar surface area (TPSA) is 99.0 Å². The molecule has 0 radical (unpaired) electrons. The third-order valence-electron chi connectivity index (χ3n) is 4.83. The molecule has 0 N–H and O–H groups in total. The van der Waals surface area contributed by atoms with E-state index >= 15 is 0 Å². The minimum Gasteiger partial charge on any atom is -0.497 e. The smallest absolute Gasteiger partial charge is 0.343 e. The number of anilines is 1. The lowest BCUT2D eigenvalue weighted by Crippen LogP contribution is -2.27. The van der Waals surface area contributed by atoms with Gasteiger partial charge in [0.25, 0.3) is 11.6 Å². The average Bonchev–Trinajstić information content (AvgIpc) is 3.12. The van der Waals surface area contributed by atoms with E-state index in [4.69, 9.17) is 21.7 Å². The number of amides is 1. The minimum atomic E-state index is -0.636. The standard InChI is InChI=1S/C24H16N2O6S2/c1-31-19-12-8-17(9-13-19)25-22(27)21(34-24(25)33)14-15-2-10-20(11-3-15)32-23(28)16-4-6-18(7-5-16)26(29)30/h2-14H,1H3. The number of benzene rings is 3. The molecule has 3 aromatic rings. The number of nitro benzene ring substituents is 1. The van der Waals surface area contributed by atoms with Gasteiger partial charge in [-0.2, -0.15) is 0 Å². The number of nitrogens with zero attached hydrogens (tertiary/aromatic N) is 2. The lowest BCUT2D eigenvalue weighted by molar-refractivity contribution is -0.384. The monoisotopic (exact) mass is 492 g/mol. The van der Waals surface area contributed by atoms with E-state index in [1.807, 2.05) is 0 Å². The molecule has 0 bridgehead atoms. The Bertz CT molecular complexity index is 1300. The zero-order valence-electron chi connectivity index (χ0n) is 17.7. The zero-order valence-corrected chi connectivity index (χ0v) is 19.3. The Kier molecular flexibility index (Phi) is 6.71. The summed E-state index contributed by atoms with van der Waals surface area (Å²) in [5.41, 5.74) is 1.46. The van der Waals surface area contributed by atoms with Gasteiger partial charge in [-0.1, -0.05) is 36.1 Å². The Morgan fingerprint density at radius 2 is 1.62 bits per heavy atom. The molecule has 10 heteroatoms. The van der Waals surface area contributed by atoms with E-state index in [2.05, 4.69) is 0 Å². The molecule has 170 valence electrons. The second kappa shape index (κ2) is 9.86. The summed E-state index contributed by atoms with van der Waals surface area (Å²) in [5.74, 6) is 0.113. The number of carbonyl (C=O) groups is 2. The molecule has 0 atom stereocenters. The predicted octanol–water partition coefficient (Wildman–Crippen LogP) is 5.23. The summed E-state index contributed by atoms with van der Waals surface area (Å²) in [7, 11) is 1.57. The number of non-ortho nitro benzene ring substituents is 1. The molecule has 0 aliphatic carbocycles. The third-order valence-corrected chi connectivity index (χ3v) is 6.13. The summed E-state index contributed by atoms with van der Waals surface area (Å²) in [6, 6.07) is 18.8. The highest BCUT2D eigenvalue weighted by Crippen LogP contribution is 2.36. The second-order valence-corrected chi connectivity index (χ2v) is 8.65. The molecule has 1 heterocycles. The van der Waals surface area contributed by atoms with Gasteiger partial charge in [0, 0.05) is 12.1 Å². The van der Waals surface area contributed by atoms with Gasteiger partial charge in [-0.3, -0.25) is 19.8 Å². The van der Waals surface area contributed by atoms with Crippen LogP contribution in [0.4, 0.5) is 11.4 Å². The van der Waals surface area contributed by atoms with Crippen LogP contribution in [0.5, 0.6) is 11.5 Å². The van der Waals surface area contributed by atoms with Crippen molar-refractivity contribution in [2.45, 2.75) is 0 Å². The summed E-state index contributed by atoms with van der Waals surface area (Å²) in [4.78, 5) is 37.3. The van der Waals surface area contributed by atoms with Crippen molar-refractivity contribution < 1.29 is 24.0 Å². The first-order valence-electron chi connectivity index (χ1n) is 9.84. The largest absolute Gasteiger partial charge is 0.497 e. The first kappa shape index (κ1) is 23.1. The van der Waals surface area contributed by atoms with Gasteiger partial charge in [0.2, 0.25) is 0 Å². The lowest BCUT2D eigenvalue weighted by atomic mass is 10.2. The molecular formula is C24H16N2O6S2. The predicted molar refractivity (Wildman–Crippen MR) is 133 cm³/mol. The van der Waals surface area contributed by atoms with Crippen molar-refractivity contribution in [3.8, 4) is 11.5 Å². The molecule has 1 amide bonds. The number of ether oxygens (including phenoxy) is 2. The highest BCUT2D eigenvalue weighted by atomic mass is 32.2. The van der Waals surface area contributed by atoms with E-state index in [0.717, 1.165) is 5.56 Å². The van der Waals surface area contributed by atoms with Gasteiger partial charge in [0.1, 0.15) is 11.5 Å². The van der Waals surface area contributed by atoms with Crippen LogP contribution in [-0.4, -0.2) is 28.2 Å². The maximum atomic E-state index is 12.9. The number of thiocarbonyl (C=S) groups is 1. The van der Waals surface area contributed by atoms with Gasteiger partial charge in [-0.05, 0) is 60.2 Å². The van der Waals surface area contributed by atoms with Crippen molar-refractivity contribution in [3.05, 3.63) is 98.9 Å². The second-order valence-electron chi connectivity index (χ2n) is 6.98. The Labute approximate surface area is 203 Å². The van der Waals surface area contributed by atoms with Crippen LogP contribution < -0.4 is 14.4 Å². The molecule has 1 fully saturated rings. The van der Waals surface area contributed by atoms with E-state index in [-0.39, 0.29) is 17.2 Å². The van der Waals surface area contributed by atoms with Crippen LogP contribution in [0.25, 0.3) is 6.08 Å². The minimum absolute atomic E-state index is 0.113. The van der Waals surface area contributed by atoms with Crippen molar-refractivity contribution in [3.63, 3.8) is 0 Å². The highest BCUT2D eigenvalue weighted by molar-refractivity contribution is 8.27. The number of nitro groups is 1. The van der Waals surface area contributed by atoms with Crippen LogP contribution in [0.1, 0.15) is 15.9 Å². The average molecular weight is 493 g/mol. The quantitative estimate of drug-likeness (QED) is 0.115. The molecule has 0 aromatic heterocycles. The maximum absolute atomic E-state index is 12.9. The van der Waals surface area contributed by atoms with E-state index in [1.54, 1.807) is 61.7 Å². The summed E-state index contributed by atoms with van der Waals surface area (Å²) < 4.78 is 10.9. The van der Waals surface area contributed by atoms with Gasteiger partial charge < -0.3 is 9.47 Å². The molecule has 0 saturated carbocycles. The number of methoxy groups -OCH3 is 1.